The zero-order valence-electron chi connectivity index (χ0n) is 15.3. The van der Waals surface area contributed by atoms with Crippen molar-refractivity contribution in [3.05, 3.63) is 17.7 Å². The van der Waals surface area contributed by atoms with E-state index in [0.29, 0.717) is 55.0 Å². The maximum absolute atomic E-state index is 13.2. The second-order valence-electron chi connectivity index (χ2n) is 6.61. The molecule has 0 aromatic heterocycles. The first kappa shape index (κ1) is 17.8. The van der Waals surface area contributed by atoms with E-state index < -0.39 is 0 Å². The maximum Gasteiger partial charge on any atom is 0.257 e. The number of carbonyl (C=O) groups excluding carboxylic acids is 1. The number of methoxy groups -OCH3 is 3. The minimum absolute atomic E-state index is 0.0509. The van der Waals surface area contributed by atoms with Crippen molar-refractivity contribution in [3.63, 3.8) is 0 Å². The molecule has 0 spiro atoms. The number of rotatable bonds is 4. The van der Waals surface area contributed by atoms with Crippen molar-refractivity contribution < 1.29 is 23.7 Å². The number of hydrogen-bond donors (Lipinski definition) is 0. The molecule has 0 unspecified atom stereocenters. The summed E-state index contributed by atoms with van der Waals surface area (Å²) < 4.78 is 21.8. The summed E-state index contributed by atoms with van der Waals surface area (Å²) in [6, 6.07) is 3.60. The fourth-order valence-electron chi connectivity index (χ4n) is 3.58. The van der Waals surface area contributed by atoms with Gasteiger partial charge in [-0.3, -0.25) is 9.69 Å². The number of amides is 1. The van der Waals surface area contributed by atoms with Gasteiger partial charge in [0, 0.05) is 37.7 Å². The van der Waals surface area contributed by atoms with Gasteiger partial charge in [-0.1, -0.05) is 0 Å². The molecule has 2 atom stereocenters. The third-order valence-corrected chi connectivity index (χ3v) is 4.97. The van der Waals surface area contributed by atoms with E-state index in [1.54, 1.807) is 33.5 Å². The molecule has 0 radical (unpaired) electrons. The van der Waals surface area contributed by atoms with Crippen LogP contribution in [0.15, 0.2) is 12.1 Å². The van der Waals surface area contributed by atoms with Crippen LogP contribution in [0.2, 0.25) is 0 Å². The van der Waals surface area contributed by atoms with Gasteiger partial charge >= 0.3 is 0 Å². The summed E-state index contributed by atoms with van der Waals surface area (Å²) in [5.41, 5.74) is 0.490. The van der Waals surface area contributed by atoms with Crippen LogP contribution in [-0.4, -0.2) is 83.0 Å². The smallest absolute Gasteiger partial charge is 0.257 e. The SMILES string of the molecule is COc1cc(OC)c(C(=O)N2C[C@@H]3COC[C@H](C2)N(C)C3)cc1OC. The molecule has 138 valence electrons. The summed E-state index contributed by atoms with van der Waals surface area (Å²) in [7, 11) is 6.76. The van der Waals surface area contributed by atoms with E-state index in [4.69, 9.17) is 18.9 Å². The molecule has 1 aromatic rings. The Labute approximate surface area is 148 Å². The molecule has 7 nitrogen and oxygen atoms in total. The van der Waals surface area contributed by atoms with E-state index in [2.05, 4.69) is 11.9 Å². The Balaban J connectivity index is 1.92. The standard InChI is InChI=1S/C18H26N2O5/c1-19-7-12-8-20(9-13(19)11-25-10-12)18(21)14-5-16(23-3)17(24-4)6-15(14)22-2/h5-6,12-13H,7-11H2,1-4H3/t12-,13+/m1/s1. The number of ether oxygens (including phenoxy) is 4. The van der Waals surface area contributed by atoms with Crippen LogP contribution >= 0.6 is 0 Å². The van der Waals surface area contributed by atoms with Gasteiger partial charge in [0.05, 0.1) is 46.1 Å². The van der Waals surface area contributed by atoms with Crippen molar-refractivity contribution in [1.29, 1.82) is 0 Å². The Morgan fingerprint density at radius 2 is 1.68 bits per heavy atom. The first-order chi connectivity index (χ1) is 12.1. The van der Waals surface area contributed by atoms with Gasteiger partial charge in [-0.25, -0.2) is 0 Å². The molecule has 2 aliphatic heterocycles. The molecule has 1 amide bonds. The number of fused-ring (bicyclic) bond motifs is 3. The molecular weight excluding hydrogens is 324 g/mol. The first-order valence-corrected chi connectivity index (χ1v) is 8.44. The Morgan fingerprint density at radius 1 is 1.00 bits per heavy atom. The quantitative estimate of drug-likeness (QED) is 0.811. The summed E-state index contributed by atoms with van der Waals surface area (Å²) in [5, 5.41) is 0. The van der Waals surface area contributed by atoms with Crippen LogP contribution in [0.4, 0.5) is 0 Å². The molecule has 25 heavy (non-hydrogen) atoms. The summed E-state index contributed by atoms with van der Waals surface area (Å²) >= 11 is 0. The third kappa shape index (κ3) is 3.52. The lowest BCUT2D eigenvalue weighted by Crippen LogP contribution is -2.44. The number of hydrogen-bond acceptors (Lipinski definition) is 6. The average molecular weight is 350 g/mol. The number of benzene rings is 1. The van der Waals surface area contributed by atoms with E-state index in [0.717, 1.165) is 6.54 Å². The van der Waals surface area contributed by atoms with Gasteiger partial charge in [0.2, 0.25) is 0 Å². The topological polar surface area (TPSA) is 60.5 Å². The summed E-state index contributed by atoms with van der Waals surface area (Å²) in [6.45, 7) is 3.60. The van der Waals surface area contributed by atoms with Crippen LogP contribution in [0.5, 0.6) is 17.2 Å². The molecular formula is C18H26N2O5. The monoisotopic (exact) mass is 350 g/mol. The molecule has 2 fully saturated rings. The molecule has 1 aromatic carbocycles. The number of likely N-dealkylation sites (N-methyl/N-ethyl adjacent to an activating group) is 1. The maximum atomic E-state index is 13.2. The van der Waals surface area contributed by atoms with E-state index >= 15 is 0 Å². The highest BCUT2D eigenvalue weighted by Crippen LogP contribution is 2.35. The van der Waals surface area contributed by atoms with Gasteiger partial charge in [0.15, 0.2) is 11.5 Å². The second kappa shape index (κ2) is 7.49. The summed E-state index contributed by atoms with van der Waals surface area (Å²) in [5.74, 6) is 1.80. The van der Waals surface area contributed by atoms with Gasteiger partial charge in [-0.15, -0.1) is 0 Å². The lowest BCUT2D eigenvalue weighted by Gasteiger charge is -2.30. The Hall–Kier alpha value is -1.99. The molecule has 0 saturated carbocycles. The van der Waals surface area contributed by atoms with E-state index in [-0.39, 0.29) is 11.9 Å². The minimum atomic E-state index is -0.0509. The van der Waals surface area contributed by atoms with E-state index in [9.17, 15) is 4.79 Å². The van der Waals surface area contributed by atoms with Crippen LogP contribution < -0.4 is 14.2 Å². The fourth-order valence-corrected chi connectivity index (χ4v) is 3.58. The van der Waals surface area contributed by atoms with Crippen LogP contribution in [0.25, 0.3) is 0 Å². The zero-order valence-corrected chi connectivity index (χ0v) is 15.3. The Bertz CT molecular complexity index is 636. The number of nitrogens with zero attached hydrogens (tertiary/aromatic N) is 2. The molecule has 2 saturated heterocycles. The van der Waals surface area contributed by atoms with Crippen LogP contribution in [0, 0.1) is 5.92 Å². The molecule has 2 aliphatic rings. The van der Waals surface area contributed by atoms with E-state index in [1.807, 2.05) is 4.90 Å². The van der Waals surface area contributed by atoms with Gasteiger partial charge in [-0.05, 0) is 7.05 Å². The highest BCUT2D eigenvalue weighted by molar-refractivity contribution is 5.98. The van der Waals surface area contributed by atoms with E-state index in [1.165, 1.54) is 0 Å². The zero-order chi connectivity index (χ0) is 18.0. The lowest BCUT2D eigenvalue weighted by molar-refractivity contribution is 0.0431. The predicted molar refractivity (Wildman–Crippen MR) is 92.7 cm³/mol. The fraction of sp³-hybridized carbons (Fsp3) is 0.611. The predicted octanol–water partition coefficient (Wildman–Crippen LogP) is 1.12. The van der Waals surface area contributed by atoms with Crippen molar-refractivity contribution in [2.75, 3.05) is 61.2 Å². The third-order valence-electron chi connectivity index (χ3n) is 4.97. The highest BCUT2D eigenvalue weighted by atomic mass is 16.5. The van der Waals surface area contributed by atoms with Crippen molar-refractivity contribution >= 4 is 5.91 Å². The van der Waals surface area contributed by atoms with Crippen LogP contribution in [0.3, 0.4) is 0 Å². The highest BCUT2D eigenvalue weighted by Gasteiger charge is 2.34. The minimum Gasteiger partial charge on any atom is -0.496 e. The number of carbonyl (C=O) groups is 1. The largest absolute Gasteiger partial charge is 0.496 e. The van der Waals surface area contributed by atoms with Gasteiger partial charge in [-0.2, -0.15) is 0 Å². The molecule has 2 bridgehead atoms. The van der Waals surface area contributed by atoms with Crippen molar-refractivity contribution in [2.24, 2.45) is 5.92 Å². The summed E-state index contributed by atoms with van der Waals surface area (Å²) in [6.07, 6.45) is 0. The summed E-state index contributed by atoms with van der Waals surface area (Å²) in [4.78, 5) is 17.4. The van der Waals surface area contributed by atoms with Crippen molar-refractivity contribution in [2.45, 2.75) is 6.04 Å². The molecule has 2 heterocycles. The van der Waals surface area contributed by atoms with Crippen LogP contribution in [0.1, 0.15) is 10.4 Å². The molecule has 3 rings (SSSR count). The average Bonchev–Trinajstić information content (AvgIpc) is 2.88. The molecule has 7 heteroatoms. The Morgan fingerprint density at radius 3 is 2.36 bits per heavy atom. The van der Waals surface area contributed by atoms with Crippen molar-refractivity contribution in [1.82, 2.24) is 9.80 Å². The second-order valence-corrected chi connectivity index (χ2v) is 6.61. The van der Waals surface area contributed by atoms with Crippen LogP contribution in [-0.2, 0) is 4.74 Å². The normalized spacial score (nSPS) is 23.8. The van der Waals surface area contributed by atoms with Gasteiger partial charge in [0.1, 0.15) is 5.75 Å². The Kier molecular flexibility index (Phi) is 5.34. The van der Waals surface area contributed by atoms with Gasteiger partial charge in [0.25, 0.3) is 5.91 Å². The molecule has 0 aliphatic carbocycles. The van der Waals surface area contributed by atoms with Gasteiger partial charge < -0.3 is 23.8 Å². The lowest BCUT2D eigenvalue weighted by atomic mass is 10.1. The first-order valence-electron chi connectivity index (χ1n) is 8.44. The van der Waals surface area contributed by atoms with Crippen molar-refractivity contribution in [3.8, 4) is 17.2 Å². The molecule has 0 N–H and O–H groups in total.